The van der Waals surface area contributed by atoms with E-state index in [-0.39, 0.29) is 5.43 Å². The molecule has 0 amide bonds. The molecule has 7 nitrogen and oxygen atoms in total. The van der Waals surface area contributed by atoms with Crippen molar-refractivity contribution in [1.29, 1.82) is 0 Å². The highest BCUT2D eigenvalue weighted by molar-refractivity contribution is 5.87. The van der Waals surface area contributed by atoms with Crippen molar-refractivity contribution >= 4 is 11.0 Å². The second-order valence-electron chi connectivity index (χ2n) is 8.33. The van der Waals surface area contributed by atoms with Crippen molar-refractivity contribution in [3.63, 3.8) is 0 Å². The van der Waals surface area contributed by atoms with E-state index < -0.39 is 0 Å². The smallest absolute Gasteiger partial charge is 0.218 e. The summed E-state index contributed by atoms with van der Waals surface area (Å²) in [4.78, 5) is 13.2. The van der Waals surface area contributed by atoms with Crippen molar-refractivity contribution < 1.29 is 9.15 Å². The van der Waals surface area contributed by atoms with E-state index >= 15 is 0 Å². The summed E-state index contributed by atoms with van der Waals surface area (Å²) >= 11 is 0. The minimum atomic E-state index is -0.159. The van der Waals surface area contributed by atoms with Gasteiger partial charge in [0.15, 0.2) is 11.2 Å². The maximum Gasteiger partial charge on any atom is 0.218 e. The molecule has 0 unspecified atom stereocenters. The zero-order valence-electron chi connectivity index (χ0n) is 18.7. The summed E-state index contributed by atoms with van der Waals surface area (Å²) in [6.45, 7) is 7.42. The number of rotatable bonds is 9. The van der Waals surface area contributed by atoms with E-state index in [0.717, 1.165) is 30.4 Å². The zero-order chi connectivity index (χ0) is 22.5. The molecule has 0 aliphatic rings. The van der Waals surface area contributed by atoms with E-state index in [4.69, 9.17) is 9.15 Å². The van der Waals surface area contributed by atoms with Crippen LogP contribution in [0, 0.1) is 5.92 Å². The molecule has 32 heavy (non-hydrogen) atoms. The Bertz CT molecular complexity index is 1250. The van der Waals surface area contributed by atoms with Gasteiger partial charge in [-0.15, -0.1) is 5.10 Å². The van der Waals surface area contributed by atoms with E-state index in [1.54, 1.807) is 4.68 Å². The summed E-state index contributed by atoms with van der Waals surface area (Å²) in [6, 6.07) is 15.2. The third-order valence-corrected chi connectivity index (χ3v) is 5.32. The molecule has 0 saturated heterocycles. The van der Waals surface area contributed by atoms with Gasteiger partial charge >= 0.3 is 0 Å². The predicted molar refractivity (Wildman–Crippen MR) is 124 cm³/mol. The molecule has 0 bridgehead atoms. The second-order valence-corrected chi connectivity index (χ2v) is 8.33. The third kappa shape index (κ3) is 4.72. The van der Waals surface area contributed by atoms with E-state index in [1.807, 2.05) is 42.5 Å². The number of nitrogens with zero attached hydrogens (tertiary/aromatic N) is 4. The molecule has 4 aromatic rings. The molecular formula is C25H28N4O3. The molecule has 2 aromatic heterocycles. The maximum atomic E-state index is 13.2. The normalized spacial score (nSPS) is 11.4. The molecule has 0 fully saturated rings. The summed E-state index contributed by atoms with van der Waals surface area (Å²) in [5.74, 6) is 1.85. The molecule has 2 heterocycles. The first-order chi connectivity index (χ1) is 15.6. The van der Waals surface area contributed by atoms with Crippen LogP contribution in [-0.4, -0.2) is 26.8 Å². The maximum absolute atomic E-state index is 13.2. The van der Waals surface area contributed by atoms with Gasteiger partial charge in [0, 0.05) is 6.07 Å². The molecule has 166 valence electrons. The van der Waals surface area contributed by atoms with Crippen LogP contribution in [-0.2, 0) is 13.0 Å². The number of aryl methyl sites for hydroxylation is 1. The minimum Gasteiger partial charge on any atom is -0.493 e. The molecule has 0 N–H and O–H groups in total. The van der Waals surface area contributed by atoms with Crippen LogP contribution in [0.25, 0.3) is 22.6 Å². The lowest BCUT2D eigenvalue weighted by Crippen LogP contribution is -2.09. The first-order valence-electron chi connectivity index (χ1n) is 11.1. The Kier molecular flexibility index (Phi) is 6.63. The van der Waals surface area contributed by atoms with Crippen LogP contribution in [0.2, 0.25) is 0 Å². The summed E-state index contributed by atoms with van der Waals surface area (Å²) < 4.78 is 13.9. The Labute approximate surface area is 187 Å². The summed E-state index contributed by atoms with van der Waals surface area (Å²) in [6.07, 6.45) is 2.64. The van der Waals surface area contributed by atoms with Gasteiger partial charge in [0.05, 0.1) is 13.2 Å². The van der Waals surface area contributed by atoms with Gasteiger partial charge in [0.2, 0.25) is 5.82 Å². The molecule has 4 rings (SSSR count). The fourth-order valence-electron chi connectivity index (χ4n) is 3.63. The fourth-order valence-corrected chi connectivity index (χ4v) is 3.63. The van der Waals surface area contributed by atoms with E-state index in [1.165, 1.54) is 6.07 Å². The standard InChI is InChI=1S/C25H28N4O3/c1-4-8-19-11-12-21(31-14-13-17(2)3)23-20(30)15-22(32-24(19)23)25-26-27-28-29(25)16-18-9-6-5-7-10-18/h5-7,9-12,15,17H,4,8,13-14,16H2,1-3H3. The molecular weight excluding hydrogens is 404 g/mol. The van der Waals surface area contributed by atoms with E-state index in [2.05, 4.69) is 36.3 Å². The van der Waals surface area contributed by atoms with Gasteiger partial charge in [-0.2, -0.15) is 0 Å². The number of aromatic nitrogens is 4. The SMILES string of the molecule is CCCc1ccc(OCCC(C)C)c2c(=O)cc(-c3nnnn3Cc3ccccc3)oc12. The molecule has 7 heteroatoms. The number of hydrogen-bond donors (Lipinski definition) is 0. The van der Waals surface area contributed by atoms with Crippen LogP contribution in [0.3, 0.4) is 0 Å². The quantitative estimate of drug-likeness (QED) is 0.375. The van der Waals surface area contributed by atoms with Crippen LogP contribution in [0.4, 0.5) is 0 Å². The summed E-state index contributed by atoms with van der Waals surface area (Å²) in [5.41, 5.74) is 2.41. The number of tetrazole rings is 1. The number of ether oxygens (including phenoxy) is 1. The lowest BCUT2D eigenvalue weighted by atomic mass is 10.1. The van der Waals surface area contributed by atoms with Crippen molar-refractivity contribution in [2.45, 2.75) is 46.6 Å². The van der Waals surface area contributed by atoms with Gasteiger partial charge in [0.1, 0.15) is 16.7 Å². The number of fused-ring (bicyclic) bond motifs is 1. The van der Waals surface area contributed by atoms with Crippen LogP contribution < -0.4 is 10.2 Å². The van der Waals surface area contributed by atoms with Crippen LogP contribution >= 0.6 is 0 Å². The largest absolute Gasteiger partial charge is 0.493 e. The van der Waals surface area contributed by atoms with Gasteiger partial charge in [-0.25, -0.2) is 4.68 Å². The second kappa shape index (κ2) is 9.77. The molecule has 0 saturated carbocycles. The molecule has 0 atom stereocenters. The van der Waals surface area contributed by atoms with E-state index in [0.29, 0.717) is 47.4 Å². The molecule has 0 aliphatic carbocycles. The van der Waals surface area contributed by atoms with Crippen molar-refractivity contribution in [1.82, 2.24) is 20.2 Å². The summed E-state index contributed by atoms with van der Waals surface area (Å²) in [7, 11) is 0. The van der Waals surface area contributed by atoms with Crippen LogP contribution in [0.5, 0.6) is 5.75 Å². The lowest BCUT2D eigenvalue weighted by Gasteiger charge is -2.13. The fraction of sp³-hybridized carbons (Fsp3) is 0.360. The zero-order valence-corrected chi connectivity index (χ0v) is 18.7. The van der Waals surface area contributed by atoms with Crippen LogP contribution in [0.15, 0.2) is 57.7 Å². The first-order valence-corrected chi connectivity index (χ1v) is 11.1. The van der Waals surface area contributed by atoms with Crippen molar-refractivity contribution in [3.05, 3.63) is 69.9 Å². The average Bonchev–Trinajstić information content (AvgIpc) is 3.23. The van der Waals surface area contributed by atoms with Gasteiger partial charge in [0.25, 0.3) is 0 Å². The van der Waals surface area contributed by atoms with E-state index in [9.17, 15) is 4.79 Å². The van der Waals surface area contributed by atoms with Gasteiger partial charge in [-0.3, -0.25) is 4.79 Å². The van der Waals surface area contributed by atoms with Crippen molar-refractivity contribution in [2.75, 3.05) is 6.61 Å². The van der Waals surface area contributed by atoms with Gasteiger partial charge in [-0.1, -0.05) is 63.6 Å². The minimum absolute atomic E-state index is 0.159. The Morgan fingerprint density at radius 2 is 1.94 bits per heavy atom. The summed E-state index contributed by atoms with van der Waals surface area (Å²) in [5, 5.41) is 12.5. The Morgan fingerprint density at radius 3 is 2.69 bits per heavy atom. The predicted octanol–water partition coefficient (Wildman–Crippen LogP) is 4.87. The lowest BCUT2D eigenvalue weighted by molar-refractivity contribution is 0.292. The highest BCUT2D eigenvalue weighted by Gasteiger charge is 2.19. The van der Waals surface area contributed by atoms with Crippen molar-refractivity contribution in [2.24, 2.45) is 5.92 Å². The van der Waals surface area contributed by atoms with Crippen LogP contribution in [0.1, 0.15) is 44.7 Å². The Morgan fingerprint density at radius 1 is 1.12 bits per heavy atom. The van der Waals surface area contributed by atoms with Gasteiger partial charge < -0.3 is 9.15 Å². The topological polar surface area (TPSA) is 83.0 Å². The number of benzene rings is 2. The first kappa shape index (κ1) is 21.7. The third-order valence-electron chi connectivity index (χ3n) is 5.32. The highest BCUT2D eigenvalue weighted by Crippen LogP contribution is 2.30. The molecule has 0 aliphatic heterocycles. The molecule has 0 spiro atoms. The number of hydrogen-bond acceptors (Lipinski definition) is 6. The van der Waals surface area contributed by atoms with Crippen molar-refractivity contribution in [3.8, 4) is 17.3 Å². The van der Waals surface area contributed by atoms with Gasteiger partial charge in [-0.05, 0) is 46.4 Å². The molecule has 2 aromatic carbocycles. The Hall–Kier alpha value is -3.48. The molecule has 0 radical (unpaired) electrons. The monoisotopic (exact) mass is 432 g/mol. The average molecular weight is 433 g/mol. The highest BCUT2D eigenvalue weighted by atomic mass is 16.5. The Balaban J connectivity index is 1.77.